The number of rotatable bonds is 7. The van der Waals surface area contributed by atoms with Crippen molar-refractivity contribution in [3.63, 3.8) is 0 Å². The van der Waals surface area contributed by atoms with Gasteiger partial charge in [0, 0.05) is 13.1 Å². The second-order valence-corrected chi connectivity index (χ2v) is 4.45. The van der Waals surface area contributed by atoms with E-state index in [4.69, 9.17) is 5.11 Å². The Morgan fingerprint density at radius 3 is 2.05 bits per heavy atom. The van der Waals surface area contributed by atoms with Gasteiger partial charge in [-0.2, -0.15) is 0 Å². The second-order valence-electron chi connectivity index (χ2n) is 4.45. The standard InChI is InChI=1S/C12H23N3O4/c1-5-15(6-2)9(16)7-13-12(19)14-10(8(3)4)11(17)18/h8,10H,5-7H2,1-4H3,(H,17,18)(H2,13,14,19). The summed E-state index contributed by atoms with van der Waals surface area (Å²) in [6.07, 6.45) is 0. The molecule has 0 spiro atoms. The number of carbonyl (C=O) groups is 3. The van der Waals surface area contributed by atoms with Gasteiger partial charge in [-0.05, 0) is 19.8 Å². The largest absolute Gasteiger partial charge is 0.480 e. The van der Waals surface area contributed by atoms with Crippen LogP contribution in [0.4, 0.5) is 4.79 Å². The first-order valence-electron chi connectivity index (χ1n) is 6.38. The van der Waals surface area contributed by atoms with Crippen LogP contribution in [0.3, 0.4) is 0 Å². The number of carboxylic acids is 1. The van der Waals surface area contributed by atoms with E-state index in [0.29, 0.717) is 13.1 Å². The number of urea groups is 1. The van der Waals surface area contributed by atoms with Crippen molar-refractivity contribution >= 4 is 17.9 Å². The van der Waals surface area contributed by atoms with E-state index < -0.39 is 18.0 Å². The molecule has 0 aliphatic carbocycles. The van der Waals surface area contributed by atoms with Crippen molar-refractivity contribution in [1.29, 1.82) is 0 Å². The monoisotopic (exact) mass is 273 g/mol. The van der Waals surface area contributed by atoms with Crippen molar-refractivity contribution in [3.8, 4) is 0 Å². The first-order chi connectivity index (χ1) is 8.83. The SMILES string of the molecule is CCN(CC)C(=O)CNC(=O)NC(C(=O)O)C(C)C. The van der Waals surface area contributed by atoms with Crippen molar-refractivity contribution in [1.82, 2.24) is 15.5 Å². The summed E-state index contributed by atoms with van der Waals surface area (Å²) in [5.41, 5.74) is 0. The predicted octanol–water partition coefficient (Wildman–Crippen LogP) is 0.263. The molecule has 0 rings (SSSR count). The third kappa shape index (κ3) is 6.08. The highest BCUT2D eigenvalue weighted by atomic mass is 16.4. The van der Waals surface area contributed by atoms with Crippen molar-refractivity contribution < 1.29 is 19.5 Å². The smallest absolute Gasteiger partial charge is 0.326 e. The van der Waals surface area contributed by atoms with Crippen LogP contribution in [-0.4, -0.2) is 53.6 Å². The van der Waals surface area contributed by atoms with E-state index in [2.05, 4.69) is 10.6 Å². The van der Waals surface area contributed by atoms with Crippen LogP contribution in [-0.2, 0) is 9.59 Å². The number of amides is 3. The van der Waals surface area contributed by atoms with Crippen LogP contribution in [0.2, 0.25) is 0 Å². The third-order valence-electron chi connectivity index (χ3n) is 2.74. The lowest BCUT2D eigenvalue weighted by atomic mass is 10.1. The molecule has 0 aromatic carbocycles. The van der Waals surface area contributed by atoms with Gasteiger partial charge in [-0.1, -0.05) is 13.8 Å². The molecule has 0 heterocycles. The minimum absolute atomic E-state index is 0.141. The van der Waals surface area contributed by atoms with Gasteiger partial charge < -0.3 is 20.6 Å². The first kappa shape index (κ1) is 17.2. The lowest BCUT2D eigenvalue weighted by Crippen LogP contribution is -2.50. The Kier molecular flexibility index (Phi) is 7.55. The molecule has 0 saturated heterocycles. The Balaban J connectivity index is 4.25. The van der Waals surface area contributed by atoms with Crippen LogP contribution in [0.1, 0.15) is 27.7 Å². The molecular weight excluding hydrogens is 250 g/mol. The fourth-order valence-electron chi connectivity index (χ4n) is 1.55. The van der Waals surface area contributed by atoms with Crippen molar-refractivity contribution in [3.05, 3.63) is 0 Å². The predicted molar refractivity (Wildman–Crippen MR) is 70.7 cm³/mol. The number of hydrogen-bond acceptors (Lipinski definition) is 3. The van der Waals surface area contributed by atoms with E-state index in [-0.39, 0.29) is 18.4 Å². The molecule has 0 aromatic rings. The number of aliphatic carboxylic acids is 1. The molecule has 110 valence electrons. The van der Waals surface area contributed by atoms with Crippen LogP contribution < -0.4 is 10.6 Å². The fourth-order valence-corrected chi connectivity index (χ4v) is 1.55. The van der Waals surface area contributed by atoms with Gasteiger partial charge in [-0.3, -0.25) is 4.79 Å². The molecule has 1 unspecified atom stereocenters. The average molecular weight is 273 g/mol. The van der Waals surface area contributed by atoms with Gasteiger partial charge in [0.25, 0.3) is 0 Å². The van der Waals surface area contributed by atoms with Crippen molar-refractivity contribution in [2.75, 3.05) is 19.6 Å². The molecular formula is C12H23N3O4. The van der Waals surface area contributed by atoms with E-state index in [1.165, 1.54) is 0 Å². The Labute approximate surface area is 113 Å². The Morgan fingerprint density at radius 2 is 1.68 bits per heavy atom. The molecule has 3 amide bonds. The molecule has 0 saturated carbocycles. The van der Waals surface area contributed by atoms with Crippen LogP contribution in [0.25, 0.3) is 0 Å². The normalized spacial score (nSPS) is 11.8. The number of nitrogens with zero attached hydrogens (tertiary/aromatic N) is 1. The maximum absolute atomic E-state index is 11.6. The van der Waals surface area contributed by atoms with Crippen LogP contribution >= 0.6 is 0 Å². The summed E-state index contributed by atoms with van der Waals surface area (Å²) in [4.78, 5) is 35.6. The van der Waals surface area contributed by atoms with E-state index in [0.717, 1.165) is 0 Å². The van der Waals surface area contributed by atoms with Gasteiger partial charge in [0.2, 0.25) is 5.91 Å². The lowest BCUT2D eigenvalue weighted by Gasteiger charge is -2.20. The molecule has 0 fully saturated rings. The molecule has 7 heteroatoms. The number of hydrogen-bond donors (Lipinski definition) is 3. The zero-order valence-corrected chi connectivity index (χ0v) is 11.9. The minimum Gasteiger partial charge on any atom is -0.480 e. The first-order valence-corrected chi connectivity index (χ1v) is 6.38. The van der Waals surface area contributed by atoms with E-state index in [1.807, 2.05) is 13.8 Å². The molecule has 0 bridgehead atoms. The summed E-state index contributed by atoms with van der Waals surface area (Å²) in [6.45, 7) is 8.09. The summed E-state index contributed by atoms with van der Waals surface area (Å²) >= 11 is 0. The highest BCUT2D eigenvalue weighted by Crippen LogP contribution is 2.01. The van der Waals surface area contributed by atoms with Crippen LogP contribution in [0.15, 0.2) is 0 Å². The fraction of sp³-hybridized carbons (Fsp3) is 0.750. The minimum atomic E-state index is -1.10. The summed E-state index contributed by atoms with van der Waals surface area (Å²) < 4.78 is 0. The maximum atomic E-state index is 11.6. The van der Waals surface area contributed by atoms with Crippen LogP contribution in [0, 0.1) is 5.92 Å². The lowest BCUT2D eigenvalue weighted by molar-refractivity contribution is -0.140. The van der Waals surface area contributed by atoms with Gasteiger partial charge in [0.15, 0.2) is 0 Å². The Bertz CT molecular complexity index is 327. The van der Waals surface area contributed by atoms with Crippen molar-refractivity contribution in [2.45, 2.75) is 33.7 Å². The van der Waals surface area contributed by atoms with Crippen molar-refractivity contribution in [2.24, 2.45) is 5.92 Å². The quantitative estimate of drug-likeness (QED) is 0.619. The topological polar surface area (TPSA) is 98.7 Å². The summed E-state index contributed by atoms with van der Waals surface area (Å²) in [5.74, 6) is -1.53. The Hall–Kier alpha value is -1.79. The molecule has 0 aliphatic rings. The number of nitrogens with one attached hydrogen (secondary N) is 2. The zero-order valence-electron chi connectivity index (χ0n) is 11.9. The molecule has 1 atom stereocenters. The highest BCUT2D eigenvalue weighted by molar-refractivity contribution is 5.86. The summed E-state index contributed by atoms with van der Waals surface area (Å²) in [7, 11) is 0. The van der Waals surface area contributed by atoms with Crippen LogP contribution in [0.5, 0.6) is 0 Å². The summed E-state index contributed by atoms with van der Waals surface area (Å²) in [5, 5.41) is 13.6. The Morgan fingerprint density at radius 1 is 1.16 bits per heavy atom. The molecule has 7 nitrogen and oxygen atoms in total. The molecule has 19 heavy (non-hydrogen) atoms. The summed E-state index contributed by atoms with van der Waals surface area (Å²) in [6, 6.07) is -1.62. The van der Waals surface area contributed by atoms with E-state index in [9.17, 15) is 14.4 Å². The number of carbonyl (C=O) groups excluding carboxylic acids is 2. The van der Waals surface area contributed by atoms with Gasteiger partial charge in [-0.25, -0.2) is 9.59 Å². The molecule has 0 radical (unpaired) electrons. The van der Waals surface area contributed by atoms with Gasteiger partial charge in [0.05, 0.1) is 6.54 Å². The number of carboxylic acid groups (broad SMARTS) is 1. The molecule has 0 aromatic heterocycles. The maximum Gasteiger partial charge on any atom is 0.326 e. The van der Waals surface area contributed by atoms with Gasteiger partial charge in [0.1, 0.15) is 6.04 Å². The van der Waals surface area contributed by atoms with Gasteiger partial charge in [-0.15, -0.1) is 0 Å². The highest BCUT2D eigenvalue weighted by Gasteiger charge is 2.23. The third-order valence-corrected chi connectivity index (χ3v) is 2.74. The molecule has 0 aliphatic heterocycles. The van der Waals surface area contributed by atoms with E-state index >= 15 is 0 Å². The molecule has 3 N–H and O–H groups in total. The zero-order chi connectivity index (χ0) is 15.0. The number of likely N-dealkylation sites (N-methyl/N-ethyl adjacent to an activating group) is 1. The van der Waals surface area contributed by atoms with Gasteiger partial charge >= 0.3 is 12.0 Å². The van der Waals surface area contributed by atoms with E-state index in [1.54, 1.807) is 18.7 Å². The average Bonchev–Trinajstić information content (AvgIpc) is 2.34. The second kappa shape index (κ2) is 8.34.